The summed E-state index contributed by atoms with van der Waals surface area (Å²) >= 11 is 0. The van der Waals surface area contributed by atoms with E-state index in [2.05, 4.69) is 10.2 Å². The van der Waals surface area contributed by atoms with E-state index in [0.29, 0.717) is 37.4 Å². The van der Waals surface area contributed by atoms with Gasteiger partial charge < -0.3 is 19.3 Å². The van der Waals surface area contributed by atoms with Crippen LogP contribution in [0.3, 0.4) is 0 Å². The van der Waals surface area contributed by atoms with Gasteiger partial charge in [-0.15, -0.1) is 10.2 Å². The van der Waals surface area contributed by atoms with Gasteiger partial charge in [-0.2, -0.15) is 13.2 Å². The van der Waals surface area contributed by atoms with Crippen molar-refractivity contribution in [3.63, 3.8) is 0 Å². The number of piperidine rings is 1. The van der Waals surface area contributed by atoms with E-state index in [9.17, 15) is 22.8 Å². The Kier molecular flexibility index (Phi) is 6.26. The molecule has 37 heavy (non-hydrogen) atoms. The maximum atomic E-state index is 13.6. The van der Waals surface area contributed by atoms with Gasteiger partial charge >= 0.3 is 24.2 Å². The van der Waals surface area contributed by atoms with Gasteiger partial charge in [0.05, 0.1) is 6.54 Å². The number of carboxylic acid groups (broad SMARTS) is 1. The predicted octanol–water partition coefficient (Wildman–Crippen LogP) is 4.96. The lowest BCUT2D eigenvalue weighted by molar-refractivity contribution is -0.156. The maximum Gasteiger partial charge on any atom is 0.470 e. The predicted molar refractivity (Wildman–Crippen MR) is 126 cm³/mol. The molecule has 0 aliphatic carbocycles. The topological polar surface area (TPSA) is 103 Å². The number of carbonyl (C=O) groups is 2. The van der Waals surface area contributed by atoms with Crippen LogP contribution in [0.15, 0.2) is 59.0 Å². The number of alkyl halides is 3. The van der Waals surface area contributed by atoms with Crippen molar-refractivity contribution >= 4 is 17.8 Å². The number of hydrogen-bond acceptors (Lipinski definition) is 5. The third-order valence-electron chi connectivity index (χ3n) is 6.93. The van der Waals surface area contributed by atoms with Crippen molar-refractivity contribution in [3.8, 4) is 11.5 Å². The van der Waals surface area contributed by atoms with E-state index in [1.807, 2.05) is 30.3 Å². The van der Waals surface area contributed by atoms with Gasteiger partial charge in [0.2, 0.25) is 5.89 Å². The number of halogens is 3. The minimum Gasteiger partial charge on any atom is -0.465 e. The number of urea groups is 1. The van der Waals surface area contributed by atoms with Gasteiger partial charge in [0.1, 0.15) is 0 Å². The monoisotopic (exact) mass is 515 g/mol. The summed E-state index contributed by atoms with van der Waals surface area (Å²) in [6.07, 6.45) is -4.15. The fraction of sp³-hybridized carbons (Fsp3) is 0.360. The molecule has 0 radical (unpaired) electrons. The quantitative estimate of drug-likeness (QED) is 0.527. The van der Waals surface area contributed by atoms with Crippen LogP contribution in [0.1, 0.15) is 24.3 Å². The molecule has 0 bridgehead atoms. The number of para-hydroxylation sites is 1. The van der Waals surface area contributed by atoms with E-state index in [4.69, 9.17) is 9.52 Å². The third kappa shape index (κ3) is 5.09. The Morgan fingerprint density at radius 3 is 2.19 bits per heavy atom. The van der Waals surface area contributed by atoms with Crippen LogP contribution in [0.25, 0.3) is 11.5 Å². The number of nitrogens with zero attached hydrogens (tertiary/aromatic N) is 5. The van der Waals surface area contributed by atoms with E-state index in [1.165, 1.54) is 4.90 Å². The molecule has 0 atom stereocenters. The first kappa shape index (κ1) is 24.6. The summed E-state index contributed by atoms with van der Waals surface area (Å²) in [5.74, 6) is -1.65. The van der Waals surface area contributed by atoms with Crippen LogP contribution < -0.4 is 4.90 Å². The summed E-state index contributed by atoms with van der Waals surface area (Å²) in [5.41, 5.74) is 1.76. The van der Waals surface area contributed by atoms with Gasteiger partial charge in [0.25, 0.3) is 0 Å². The number of benzene rings is 2. The molecule has 2 aromatic carbocycles. The van der Waals surface area contributed by atoms with Crippen molar-refractivity contribution in [2.45, 2.75) is 25.6 Å². The van der Waals surface area contributed by atoms with Crippen LogP contribution in [0, 0.1) is 5.41 Å². The second-order valence-corrected chi connectivity index (χ2v) is 9.44. The number of hydrogen-bond donors (Lipinski definition) is 1. The molecule has 12 heteroatoms. The molecule has 1 N–H and O–H groups in total. The Balaban J connectivity index is 1.29. The summed E-state index contributed by atoms with van der Waals surface area (Å²) in [4.78, 5) is 29.6. The highest BCUT2D eigenvalue weighted by molar-refractivity contribution is 5.92. The lowest BCUT2D eigenvalue weighted by atomic mass is 9.72. The molecule has 2 fully saturated rings. The summed E-state index contributed by atoms with van der Waals surface area (Å²) < 4.78 is 43.0. The molecular formula is C25H24F3N5O4. The molecular weight excluding hydrogens is 491 g/mol. The number of anilines is 1. The van der Waals surface area contributed by atoms with Crippen molar-refractivity contribution in [3.05, 3.63) is 66.1 Å². The van der Waals surface area contributed by atoms with Gasteiger partial charge in [-0.3, -0.25) is 4.90 Å². The number of aromatic nitrogens is 2. The summed E-state index contributed by atoms with van der Waals surface area (Å²) in [6, 6.07) is 15.6. The molecule has 3 aromatic rings. The SMILES string of the molecule is O=C(O)N1CC2(CCN(C(=O)N(Cc3ccc(-c4nnc(C(F)(F)F)o4)cc3)c3ccccc3)CC2)C1. The van der Waals surface area contributed by atoms with E-state index >= 15 is 0 Å². The Labute approximate surface area is 210 Å². The van der Waals surface area contributed by atoms with E-state index in [-0.39, 0.29) is 23.9 Å². The molecule has 3 heterocycles. The lowest BCUT2D eigenvalue weighted by Crippen LogP contribution is -2.62. The average Bonchev–Trinajstić information content (AvgIpc) is 3.37. The minimum absolute atomic E-state index is 0.0523. The van der Waals surface area contributed by atoms with Gasteiger partial charge in [-0.05, 0) is 42.7 Å². The van der Waals surface area contributed by atoms with Crippen molar-refractivity contribution in [2.75, 3.05) is 31.1 Å². The number of likely N-dealkylation sites (tertiary alicyclic amines) is 2. The fourth-order valence-corrected chi connectivity index (χ4v) is 4.83. The fourth-order valence-electron chi connectivity index (χ4n) is 4.83. The standard InChI is InChI=1S/C25H24F3N5O4/c26-25(27,28)21-30-29-20(37-21)18-8-6-17(7-9-18)14-33(19-4-2-1-3-5-19)22(34)31-12-10-24(11-13-31)15-32(16-24)23(35)36/h1-9H,10-16H2,(H,35,36). The molecule has 2 saturated heterocycles. The molecule has 9 nitrogen and oxygen atoms in total. The second kappa shape index (κ2) is 9.41. The van der Waals surface area contributed by atoms with Crippen molar-refractivity contribution in [1.82, 2.24) is 20.0 Å². The molecule has 5 rings (SSSR count). The van der Waals surface area contributed by atoms with Gasteiger partial charge in [0.15, 0.2) is 0 Å². The number of amides is 3. The van der Waals surface area contributed by atoms with Crippen LogP contribution in [0.5, 0.6) is 0 Å². The highest BCUT2D eigenvalue weighted by Gasteiger charge is 2.47. The lowest BCUT2D eigenvalue weighted by Gasteiger charge is -2.53. The van der Waals surface area contributed by atoms with Gasteiger partial charge in [-0.1, -0.05) is 30.3 Å². The molecule has 2 aliphatic heterocycles. The van der Waals surface area contributed by atoms with Crippen LogP contribution in [-0.2, 0) is 12.7 Å². The zero-order valence-electron chi connectivity index (χ0n) is 19.7. The Morgan fingerprint density at radius 1 is 0.973 bits per heavy atom. The van der Waals surface area contributed by atoms with Crippen LogP contribution in [0.2, 0.25) is 0 Å². The van der Waals surface area contributed by atoms with Crippen molar-refractivity contribution in [1.29, 1.82) is 0 Å². The van der Waals surface area contributed by atoms with Gasteiger partial charge in [0, 0.05) is 42.8 Å². The van der Waals surface area contributed by atoms with Crippen molar-refractivity contribution < 1.29 is 32.3 Å². The Bertz CT molecular complexity index is 1260. The molecule has 0 unspecified atom stereocenters. The van der Waals surface area contributed by atoms with E-state index in [1.54, 1.807) is 34.1 Å². The van der Waals surface area contributed by atoms with Crippen molar-refractivity contribution in [2.24, 2.45) is 5.41 Å². The zero-order valence-corrected chi connectivity index (χ0v) is 19.7. The zero-order chi connectivity index (χ0) is 26.2. The van der Waals surface area contributed by atoms with Crippen LogP contribution in [-0.4, -0.2) is 63.4 Å². The normalized spacial score (nSPS) is 16.9. The van der Waals surface area contributed by atoms with Gasteiger partial charge in [-0.25, -0.2) is 9.59 Å². The van der Waals surface area contributed by atoms with E-state index < -0.39 is 18.2 Å². The Hall–Kier alpha value is -4.09. The van der Waals surface area contributed by atoms with E-state index in [0.717, 1.165) is 18.4 Å². The smallest absolute Gasteiger partial charge is 0.465 e. The number of carbonyl (C=O) groups excluding carboxylic acids is 1. The number of rotatable bonds is 4. The second-order valence-electron chi connectivity index (χ2n) is 9.44. The summed E-state index contributed by atoms with van der Waals surface area (Å²) in [5, 5.41) is 15.7. The third-order valence-corrected chi connectivity index (χ3v) is 6.93. The molecule has 194 valence electrons. The summed E-state index contributed by atoms with van der Waals surface area (Å²) in [6.45, 7) is 2.32. The first-order chi connectivity index (χ1) is 17.6. The largest absolute Gasteiger partial charge is 0.470 e. The van der Waals surface area contributed by atoms with Crippen LogP contribution in [0.4, 0.5) is 28.4 Å². The molecule has 1 aromatic heterocycles. The van der Waals surface area contributed by atoms with Crippen LogP contribution >= 0.6 is 0 Å². The highest BCUT2D eigenvalue weighted by atomic mass is 19.4. The molecule has 2 aliphatic rings. The first-order valence-electron chi connectivity index (χ1n) is 11.7. The summed E-state index contributed by atoms with van der Waals surface area (Å²) in [7, 11) is 0. The molecule has 1 spiro atoms. The molecule has 0 saturated carbocycles. The first-order valence-corrected chi connectivity index (χ1v) is 11.7. The average molecular weight is 515 g/mol. The maximum absolute atomic E-state index is 13.6. The Morgan fingerprint density at radius 2 is 1.62 bits per heavy atom. The highest BCUT2D eigenvalue weighted by Crippen LogP contribution is 2.40. The minimum atomic E-state index is -4.72. The molecule has 3 amide bonds.